The van der Waals surface area contributed by atoms with E-state index in [1.807, 2.05) is 25.1 Å². The topological polar surface area (TPSA) is 96.1 Å². The number of ether oxygens (including phenoxy) is 1. The molecule has 0 spiro atoms. The number of rotatable bonds is 3. The van der Waals surface area contributed by atoms with Crippen LogP contribution in [0.2, 0.25) is 0 Å². The van der Waals surface area contributed by atoms with Gasteiger partial charge in [-0.3, -0.25) is 9.59 Å². The number of anilines is 1. The lowest BCUT2D eigenvalue weighted by Gasteiger charge is -2.39. The average Bonchev–Trinajstić information content (AvgIpc) is 2.70. The quantitative estimate of drug-likeness (QED) is 0.768. The highest BCUT2D eigenvalue weighted by Gasteiger charge is 2.35. The smallest absolute Gasteiger partial charge is 0.264 e. The second-order valence-electron chi connectivity index (χ2n) is 7.31. The molecular weight excluding hydrogens is 344 g/mol. The van der Waals surface area contributed by atoms with Crippen LogP contribution >= 0.6 is 0 Å². The van der Waals surface area contributed by atoms with Gasteiger partial charge in [0, 0.05) is 35.8 Å². The van der Waals surface area contributed by atoms with Gasteiger partial charge in [-0.25, -0.2) is 5.10 Å². The first kappa shape index (κ1) is 17.9. The molecule has 4 rings (SSSR count). The molecule has 27 heavy (non-hydrogen) atoms. The summed E-state index contributed by atoms with van der Waals surface area (Å²) in [5, 5.41) is 13.1. The lowest BCUT2D eigenvalue weighted by molar-refractivity contribution is -0.123. The van der Waals surface area contributed by atoms with E-state index in [0.717, 1.165) is 49.2 Å². The summed E-state index contributed by atoms with van der Waals surface area (Å²) < 4.78 is 5.79. The number of aryl methyl sites for hydroxylation is 1. The second kappa shape index (κ2) is 7.62. The number of hydrogen-bond acceptors (Lipinski definition) is 5. The molecule has 1 saturated carbocycles. The molecule has 0 unspecified atom stereocenters. The van der Waals surface area contributed by atoms with Gasteiger partial charge in [-0.2, -0.15) is 5.10 Å². The zero-order valence-electron chi connectivity index (χ0n) is 15.3. The van der Waals surface area contributed by atoms with E-state index in [0.29, 0.717) is 5.69 Å². The molecule has 2 aromatic rings. The highest BCUT2D eigenvalue weighted by Crippen LogP contribution is 2.30. The predicted molar refractivity (Wildman–Crippen MR) is 103 cm³/mol. The molecule has 0 bridgehead atoms. The number of amides is 1. The van der Waals surface area contributed by atoms with E-state index in [1.54, 1.807) is 6.07 Å². The molecule has 1 aliphatic heterocycles. The number of nitrogens with zero attached hydrogens (tertiary/aromatic N) is 1. The Morgan fingerprint density at radius 1 is 1.26 bits per heavy atom. The minimum atomic E-state index is -0.240. The molecule has 1 amide bonds. The van der Waals surface area contributed by atoms with E-state index in [-0.39, 0.29) is 29.5 Å². The first-order chi connectivity index (χ1) is 13.1. The number of carbonyl (C=O) groups is 1. The molecule has 142 valence electrons. The van der Waals surface area contributed by atoms with Gasteiger partial charge in [-0.05, 0) is 43.9 Å². The summed E-state index contributed by atoms with van der Waals surface area (Å²) in [7, 11) is 0. The number of benzene rings is 1. The Morgan fingerprint density at radius 2 is 2.15 bits per heavy atom. The molecule has 1 saturated heterocycles. The summed E-state index contributed by atoms with van der Waals surface area (Å²) in [5.41, 5.74) is 3.03. The molecule has 2 heterocycles. The summed E-state index contributed by atoms with van der Waals surface area (Å²) in [6.45, 7) is 3.57. The lowest BCUT2D eigenvalue weighted by Crippen LogP contribution is -2.52. The Morgan fingerprint density at radius 3 is 2.96 bits per heavy atom. The number of hydrogen-bond donors (Lipinski definition) is 3. The highest BCUT2D eigenvalue weighted by atomic mass is 16.5. The number of aromatic nitrogens is 2. The van der Waals surface area contributed by atoms with Crippen LogP contribution in [-0.4, -0.2) is 41.4 Å². The van der Waals surface area contributed by atoms with Gasteiger partial charge in [-0.1, -0.05) is 12.1 Å². The minimum absolute atomic E-state index is 0.0188. The SMILES string of the molecule is Cc1ccc(-c2ccc(=O)[nH]n2)cc1NC(=O)[C@H]1CC[C@H]2OCCN[C@@H]2C1. The summed E-state index contributed by atoms with van der Waals surface area (Å²) in [6.07, 6.45) is 2.79. The van der Waals surface area contributed by atoms with Crippen molar-refractivity contribution in [2.75, 3.05) is 18.5 Å². The summed E-state index contributed by atoms with van der Waals surface area (Å²) in [4.78, 5) is 24.0. The number of morpholine rings is 1. The van der Waals surface area contributed by atoms with Crippen molar-refractivity contribution in [3.63, 3.8) is 0 Å². The van der Waals surface area contributed by atoms with Crippen molar-refractivity contribution in [1.82, 2.24) is 15.5 Å². The van der Waals surface area contributed by atoms with Crippen molar-refractivity contribution in [3.8, 4) is 11.3 Å². The normalized spacial score (nSPS) is 24.9. The third-order valence-corrected chi connectivity index (χ3v) is 5.47. The minimum Gasteiger partial charge on any atom is -0.375 e. The maximum absolute atomic E-state index is 12.8. The van der Waals surface area contributed by atoms with Crippen LogP contribution in [0.3, 0.4) is 0 Å². The van der Waals surface area contributed by atoms with Crippen molar-refractivity contribution >= 4 is 11.6 Å². The van der Waals surface area contributed by atoms with Crippen molar-refractivity contribution in [2.45, 2.75) is 38.3 Å². The predicted octanol–water partition coefficient (Wildman–Crippen LogP) is 1.84. The first-order valence-corrected chi connectivity index (χ1v) is 9.43. The number of fused-ring (bicyclic) bond motifs is 1. The summed E-state index contributed by atoms with van der Waals surface area (Å²) in [5.74, 6) is 0.0326. The van der Waals surface area contributed by atoms with Crippen LogP contribution in [0.4, 0.5) is 5.69 Å². The van der Waals surface area contributed by atoms with Gasteiger partial charge in [0.15, 0.2) is 0 Å². The van der Waals surface area contributed by atoms with E-state index in [2.05, 4.69) is 20.8 Å². The molecule has 0 radical (unpaired) electrons. The van der Waals surface area contributed by atoms with Crippen molar-refractivity contribution in [2.24, 2.45) is 5.92 Å². The van der Waals surface area contributed by atoms with Crippen molar-refractivity contribution in [1.29, 1.82) is 0 Å². The number of nitrogens with one attached hydrogen (secondary N) is 3. The third-order valence-electron chi connectivity index (χ3n) is 5.47. The fraction of sp³-hybridized carbons (Fsp3) is 0.450. The standard InChI is InChI=1S/C20H24N4O3/c1-12-2-3-13(15-5-7-19(25)24-23-15)10-16(12)22-20(26)14-4-6-18-17(11-14)21-8-9-27-18/h2-3,5,7,10,14,17-18,21H,4,6,8-9,11H2,1H3,(H,22,26)(H,24,25)/t14-,17+,18+/m0/s1. The first-order valence-electron chi connectivity index (χ1n) is 9.43. The van der Waals surface area contributed by atoms with Crippen LogP contribution in [0.1, 0.15) is 24.8 Å². The van der Waals surface area contributed by atoms with Gasteiger partial charge in [0.1, 0.15) is 0 Å². The fourth-order valence-electron chi connectivity index (χ4n) is 3.91. The van der Waals surface area contributed by atoms with E-state index < -0.39 is 0 Å². The Labute approximate surface area is 157 Å². The highest BCUT2D eigenvalue weighted by molar-refractivity contribution is 5.94. The Kier molecular flexibility index (Phi) is 5.05. The maximum Gasteiger partial charge on any atom is 0.264 e. The Bertz CT molecular complexity index is 875. The molecule has 3 atom stereocenters. The van der Waals surface area contributed by atoms with Gasteiger partial charge < -0.3 is 15.4 Å². The second-order valence-corrected chi connectivity index (χ2v) is 7.31. The average molecular weight is 368 g/mol. The molecule has 1 aromatic carbocycles. The van der Waals surface area contributed by atoms with Crippen molar-refractivity contribution in [3.05, 3.63) is 46.2 Å². The fourth-order valence-corrected chi connectivity index (χ4v) is 3.91. The molecule has 1 aliphatic carbocycles. The Balaban J connectivity index is 1.48. The largest absolute Gasteiger partial charge is 0.375 e. The summed E-state index contributed by atoms with van der Waals surface area (Å²) in [6, 6.07) is 9.16. The molecule has 7 nitrogen and oxygen atoms in total. The molecular formula is C20H24N4O3. The van der Waals surface area contributed by atoms with Crippen LogP contribution in [0.25, 0.3) is 11.3 Å². The van der Waals surface area contributed by atoms with E-state index in [1.165, 1.54) is 6.07 Å². The van der Waals surface area contributed by atoms with Crippen LogP contribution in [0.5, 0.6) is 0 Å². The van der Waals surface area contributed by atoms with Gasteiger partial charge in [0.05, 0.1) is 18.4 Å². The molecule has 2 fully saturated rings. The van der Waals surface area contributed by atoms with E-state index >= 15 is 0 Å². The molecule has 1 aromatic heterocycles. The van der Waals surface area contributed by atoms with Crippen LogP contribution in [0, 0.1) is 12.8 Å². The van der Waals surface area contributed by atoms with Gasteiger partial charge in [-0.15, -0.1) is 0 Å². The molecule has 7 heteroatoms. The lowest BCUT2D eigenvalue weighted by atomic mass is 9.82. The molecule has 2 aliphatic rings. The van der Waals surface area contributed by atoms with Crippen LogP contribution < -0.4 is 16.2 Å². The number of carbonyl (C=O) groups excluding carboxylic acids is 1. The third kappa shape index (κ3) is 3.94. The van der Waals surface area contributed by atoms with Crippen LogP contribution in [-0.2, 0) is 9.53 Å². The number of H-pyrrole nitrogens is 1. The summed E-state index contributed by atoms with van der Waals surface area (Å²) >= 11 is 0. The van der Waals surface area contributed by atoms with Gasteiger partial charge in [0.25, 0.3) is 5.56 Å². The van der Waals surface area contributed by atoms with E-state index in [9.17, 15) is 9.59 Å². The zero-order valence-corrected chi connectivity index (χ0v) is 15.3. The molecule has 3 N–H and O–H groups in total. The Hall–Kier alpha value is -2.51. The maximum atomic E-state index is 12.8. The van der Waals surface area contributed by atoms with Crippen LogP contribution in [0.15, 0.2) is 35.1 Å². The monoisotopic (exact) mass is 368 g/mol. The number of aromatic amines is 1. The van der Waals surface area contributed by atoms with Gasteiger partial charge >= 0.3 is 0 Å². The van der Waals surface area contributed by atoms with Crippen molar-refractivity contribution < 1.29 is 9.53 Å². The van der Waals surface area contributed by atoms with E-state index in [4.69, 9.17) is 4.74 Å². The van der Waals surface area contributed by atoms with Gasteiger partial charge in [0.2, 0.25) is 5.91 Å². The zero-order chi connectivity index (χ0) is 18.8.